The number of piperidine rings is 1. The minimum Gasteiger partial charge on any atom is -0.444 e. The Balaban J connectivity index is 1.78. The van der Waals surface area contributed by atoms with Gasteiger partial charge >= 0.3 is 6.09 Å². The fourth-order valence-electron chi connectivity index (χ4n) is 3.28. The van der Waals surface area contributed by atoms with Crippen LogP contribution in [0.2, 0.25) is 0 Å². The lowest BCUT2D eigenvalue weighted by atomic mass is 10.0. The predicted octanol–water partition coefficient (Wildman–Crippen LogP) is 2.88. The SMILES string of the molecule is CCC(NC1C2CN(C(=O)OC(C)(C)C)CC21)C(C)C. The summed E-state index contributed by atoms with van der Waals surface area (Å²) in [6, 6.07) is 1.21. The normalized spacial score (nSPS) is 30.4. The first kappa shape index (κ1) is 15.6. The quantitative estimate of drug-likeness (QED) is 0.862. The van der Waals surface area contributed by atoms with E-state index in [2.05, 4.69) is 26.1 Å². The summed E-state index contributed by atoms with van der Waals surface area (Å²) in [6.07, 6.45) is 1.02. The molecule has 2 fully saturated rings. The van der Waals surface area contributed by atoms with Gasteiger partial charge in [0.1, 0.15) is 5.60 Å². The number of hydrogen-bond acceptors (Lipinski definition) is 3. The zero-order chi connectivity index (χ0) is 15.1. The molecule has 2 aliphatic rings. The molecular weight excluding hydrogens is 252 g/mol. The first-order chi connectivity index (χ1) is 9.23. The molecule has 4 nitrogen and oxygen atoms in total. The number of carbonyl (C=O) groups is 1. The molecule has 1 amide bonds. The van der Waals surface area contributed by atoms with Crippen molar-refractivity contribution in [2.75, 3.05) is 13.1 Å². The van der Waals surface area contributed by atoms with E-state index in [1.54, 1.807) is 0 Å². The molecule has 1 saturated heterocycles. The van der Waals surface area contributed by atoms with Gasteiger partial charge in [0, 0.05) is 25.2 Å². The number of carbonyl (C=O) groups excluding carboxylic acids is 1. The van der Waals surface area contributed by atoms with Gasteiger partial charge in [-0.05, 0) is 44.9 Å². The lowest BCUT2D eigenvalue weighted by Crippen LogP contribution is -2.42. The largest absolute Gasteiger partial charge is 0.444 e. The summed E-state index contributed by atoms with van der Waals surface area (Å²) in [5.74, 6) is 1.94. The van der Waals surface area contributed by atoms with E-state index in [4.69, 9.17) is 4.74 Å². The minimum absolute atomic E-state index is 0.153. The molecule has 1 N–H and O–H groups in total. The van der Waals surface area contributed by atoms with Gasteiger partial charge in [-0.15, -0.1) is 0 Å². The van der Waals surface area contributed by atoms with Crippen molar-refractivity contribution in [2.45, 2.75) is 65.6 Å². The van der Waals surface area contributed by atoms with Crippen molar-refractivity contribution in [3.63, 3.8) is 0 Å². The molecule has 0 bridgehead atoms. The minimum atomic E-state index is -0.396. The van der Waals surface area contributed by atoms with Crippen molar-refractivity contribution in [2.24, 2.45) is 17.8 Å². The van der Waals surface area contributed by atoms with Crippen LogP contribution in [0.5, 0.6) is 0 Å². The smallest absolute Gasteiger partial charge is 0.410 e. The Hall–Kier alpha value is -0.770. The summed E-state index contributed by atoms with van der Waals surface area (Å²) in [4.78, 5) is 13.9. The number of likely N-dealkylation sites (tertiary alicyclic amines) is 1. The molecule has 116 valence electrons. The first-order valence-corrected chi connectivity index (χ1v) is 7.97. The molecule has 1 saturated carbocycles. The van der Waals surface area contributed by atoms with E-state index < -0.39 is 5.60 Å². The third-order valence-corrected chi connectivity index (χ3v) is 4.50. The third-order valence-electron chi connectivity index (χ3n) is 4.50. The summed E-state index contributed by atoms with van der Waals surface area (Å²) in [6.45, 7) is 14.2. The van der Waals surface area contributed by atoms with Crippen molar-refractivity contribution in [1.29, 1.82) is 0 Å². The van der Waals surface area contributed by atoms with Crippen LogP contribution >= 0.6 is 0 Å². The van der Waals surface area contributed by atoms with Gasteiger partial charge in [0.05, 0.1) is 0 Å². The Labute approximate surface area is 123 Å². The van der Waals surface area contributed by atoms with Crippen molar-refractivity contribution in [3.8, 4) is 0 Å². The zero-order valence-electron chi connectivity index (χ0n) is 13.8. The fourth-order valence-corrected chi connectivity index (χ4v) is 3.28. The number of nitrogens with one attached hydrogen (secondary N) is 1. The molecule has 1 heterocycles. The van der Waals surface area contributed by atoms with E-state index in [9.17, 15) is 4.79 Å². The molecule has 0 radical (unpaired) electrons. The number of fused-ring (bicyclic) bond motifs is 1. The molecule has 3 unspecified atom stereocenters. The molecule has 0 aromatic rings. The highest BCUT2D eigenvalue weighted by Crippen LogP contribution is 2.46. The van der Waals surface area contributed by atoms with Crippen LogP contribution in [0.1, 0.15) is 48.0 Å². The molecule has 4 heteroatoms. The summed E-state index contributed by atoms with van der Waals surface area (Å²) in [7, 11) is 0. The first-order valence-electron chi connectivity index (χ1n) is 7.97. The van der Waals surface area contributed by atoms with Gasteiger partial charge in [-0.25, -0.2) is 4.79 Å². The van der Waals surface area contributed by atoms with Gasteiger partial charge in [0.2, 0.25) is 0 Å². The van der Waals surface area contributed by atoms with Gasteiger partial charge in [-0.2, -0.15) is 0 Å². The van der Waals surface area contributed by atoms with Gasteiger partial charge in [-0.1, -0.05) is 20.8 Å². The van der Waals surface area contributed by atoms with Crippen molar-refractivity contribution in [3.05, 3.63) is 0 Å². The maximum Gasteiger partial charge on any atom is 0.410 e. The summed E-state index contributed by atoms with van der Waals surface area (Å²) in [5, 5.41) is 3.77. The van der Waals surface area contributed by atoms with E-state index >= 15 is 0 Å². The Bertz CT molecular complexity index is 350. The van der Waals surface area contributed by atoms with Crippen molar-refractivity contribution < 1.29 is 9.53 Å². The van der Waals surface area contributed by atoms with Crippen molar-refractivity contribution >= 4 is 6.09 Å². The van der Waals surface area contributed by atoms with Crippen LogP contribution < -0.4 is 5.32 Å². The molecule has 20 heavy (non-hydrogen) atoms. The second-order valence-electron chi connectivity index (χ2n) is 7.66. The van der Waals surface area contributed by atoms with Crippen LogP contribution in [-0.2, 0) is 4.74 Å². The highest BCUT2D eigenvalue weighted by molar-refractivity contribution is 5.69. The zero-order valence-corrected chi connectivity index (χ0v) is 13.8. The van der Waals surface area contributed by atoms with Crippen LogP contribution in [-0.4, -0.2) is 41.8 Å². The number of nitrogens with zero attached hydrogens (tertiary/aromatic N) is 1. The lowest BCUT2D eigenvalue weighted by molar-refractivity contribution is 0.0268. The number of amides is 1. The monoisotopic (exact) mass is 282 g/mol. The molecule has 1 aliphatic heterocycles. The number of rotatable bonds is 4. The molecule has 3 atom stereocenters. The average Bonchev–Trinajstić information content (AvgIpc) is 2.76. The third kappa shape index (κ3) is 3.46. The molecular formula is C16H30N2O2. The highest BCUT2D eigenvalue weighted by atomic mass is 16.6. The maximum absolute atomic E-state index is 12.0. The topological polar surface area (TPSA) is 41.6 Å². The van der Waals surface area contributed by atoms with Crippen LogP contribution in [0.15, 0.2) is 0 Å². The van der Waals surface area contributed by atoms with E-state index in [1.807, 2.05) is 25.7 Å². The average molecular weight is 282 g/mol. The molecule has 0 spiro atoms. The van der Waals surface area contributed by atoms with Crippen molar-refractivity contribution in [1.82, 2.24) is 10.2 Å². The summed E-state index contributed by atoms with van der Waals surface area (Å²) in [5.41, 5.74) is -0.396. The summed E-state index contributed by atoms with van der Waals surface area (Å²) >= 11 is 0. The fraction of sp³-hybridized carbons (Fsp3) is 0.938. The maximum atomic E-state index is 12.0. The van der Waals surface area contributed by atoms with E-state index in [0.29, 0.717) is 29.8 Å². The van der Waals surface area contributed by atoms with Crippen LogP contribution in [0.4, 0.5) is 4.79 Å². The predicted molar refractivity (Wildman–Crippen MR) is 80.6 cm³/mol. The number of ether oxygens (including phenoxy) is 1. The Morgan fingerprint density at radius 3 is 2.25 bits per heavy atom. The standard InChI is InChI=1S/C16H30N2O2/c1-7-13(10(2)3)17-14-11-8-18(9-12(11)14)15(19)20-16(4,5)6/h10-14,17H,7-9H2,1-6H3. The van der Waals surface area contributed by atoms with Gasteiger partial charge in [-0.3, -0.25) is 0 Å². The Morgan fingerprint density at radius 2 is 1.85 bits per heavy atom. The lowest BCUT2D eigenvalue weighted by Gasteiger charge is -2.27. The van der Waals surface area contributed by atoms with E-state index in [1.165, 1.54) is 6.42 Å². The van der Waals surface area contributed by atoms with Crippen LogP contribution in [0, 0.1) is 17.8 Å². The van der Waals surface area contributed by atoms with Gasteiger partial charge in [0.15, 0.2) is 0 Å². The molecule has 1 aliphatic carbocycles. The van der Waals surface area contributed by atoms with E-state index in [-0.39, 0.29) is 6.09 Å². The van der Waals surface area contributed by atoms with Gasteiger partial charge in [0.25, 0.3) is 0 Å². The second-order valence-corrected chi connectivity index (χ2v) is 7.66. The van der Waals surface area contributed by atoms with Gasteiger partial charge < -0.3 is 15.0 Å². The second kappa shape index (κ2) is 5.55. The molecule has 2 rings (SSSR count). The van der Waals surface area contributed by atoms with Crippen LogP contribution in [0.25, 0.3) is 0 Å². The molecule has 0 aromatic carbocycles. The van der Waals surface area contributed by atoms with E-state index in [0.717, 1.165) is 13.1 Å². The number of hydrogen-bond donors (Lipinski definition) is 1. The highest BCUT2D eigenvalue weighted by Gasteiger charge is 2.57. The summed E-state index contributed by atoms with van der Waals surface area (Å²) < 4.78 is 5.43. The Morgan fingerprint density at radius 1 is 1.30 bits per heavy atom. The Kier molecular flexibility index (Phi) is 4.33. The van der Waals surface area contributed by atoms with Crippen LogP contribution in [0.3, 0.4) is 0 Å². The molecule has 0 aromatic heterocycles.